The summed E-state index contributed by atoms with van der Waals surface area (Å²) in [4.78, 5) is 66.5. The Hall–Kier alpha value is -3.81. The Morgan fingerprint density at radius 2 is 1.25 bits per heavy atom. The van der Waals surface area contributed by atoms with Gasteiger partial charge >= 0.3 is 5.97 Å². The maximum atomic E-state index is 13.0. The topological polar surface area (TPSA) is 101 Å². The number of ether oxygens (including phenoxy) is 1. The highest BCUT2D eigenvalue weighted by Gasteiger charge is 2.43. The Morgan fingerprint density at radius 3 is 1.78 bits per heavy atom. The first-order chi connectivity index (χ1) is 17.5. The summed E-state index contributed by atoms with van der Waals surface area (Å²) >= 11 is 0. The monoisotopic (exact) mass is 490 g/mol. The van der Waals surface area contributed by atoms with Crippen LogP contribution in [0.15, 0.2) is 48.5 Å². The van der Waals surface area contributed by atoms with Gasteiger partial charge in [0.05, 0.1) is 28.9 Å². The lowest BCUT2D eigenvalue weighted by molar-refractivity contribution is -0.148. The lowest BCUT2D eigenvalue weighted by atomic mass is 10.1. The van der Waals surface area contributed by atoms with Crippen molar-refractivity contribution in [2.75, 3.05) is 13.2 Å². The summed E-state index contributed by atoms with van der Waals surface area (Å²) in [6, 6.07) is 12.1. The molecule has 0 radical (unpaired) electrons. The zero-order chi connectivity index (χ0) is 25.7. The standard InChI is InChI=1S/C28H30N2O6/c1-2-3-4-11-18-36-28(35)23(30-26(33)21-14-7-8-15-22(21)27(30)34)16-9-10-17-29-24(31)19-12-5-6-13-20(19)25(29)32/h5-8,12-15,23H,2-4,9-11,16-18H2,1H3/t23-/m0/s1. The smallest absolute Gasteiger partial charge is 0.329 e. The Bertz CT molecular complexity index is 1120. The molecular formula is C28H30N2O6. The maximum Gasteiger partial charge on any atom is 0.329 e. The molecule has 0 aromatic heterocycles. The van der Waals surface area contributed by atoms with E-state index in [9.17, 15) is 24.0 Å². The number of carbonyl (C=O) groups is 5. The lowest BCUT2D eigenvalue weighted by Crippen LogP contribution is -2.45. The van der Waals surface area contributed by atoms with Gasteiger partial charge in [-0.15, -0.1) is 0 Å². The second-order valence-corrected chi connectivity index (χ2v) is 9.07. The van der Waals surface area contributed by atoms with Crippen LogP contribution < -0.4 is 0 Å². The number of imide groups is 2. The Labute approximate surface area is 210 Å². The average Bonchev–Trinajstić information content (AvgIpc) is 3.29. The van der Waals surface area contributed by atoms with Crippen LogP contribution >= 0.6 is 0 Å². The first kappa shape index (κ1) is 25.3. The van der Waals surface area contributed by atoms with Crippen molar-refractivity contribution in [2.24, 2.45) is 0 Å². The zero-order valence-corrected chi connectivity index (χ0v) is 20.4. The molecule has 0 aliphatic carbocycles. The average molecular weight is 491 g/mol. The Balaban J connectivity index is 1.40. The normalized spacial score (nSPS) is 15.4. The summed E-state index contributed by atoms with van der Waals surface area (Å²) in [6.45, 7) is 2.51. The number of hydrogen-bond acceptors (Lipinski definition) is 6. The van der Waals surface area contributed by atoms with E-state index in [1.54, 1.807) is 48.5 Å². The van der Waals surface area contributed by atoms with Crippen LogP contribution in [0.1, 0.15) is 93.3 Å². The number of carbonyl (C=O) groups excluding carboxylic acids is 5. The first-order valence-electron chi connectivity index (χ1n) is 12.5. The SMILES string of the molecule is CCCCCCOC(=O)[C@H](CCCCN1C(=O)c2ccccc2C1=O)N1C(=O)c2ccccc2C1=O. The zero-order valence-electron chi connectivity index (χ0n) is 20.4. The molecule has 0 fully saturated rings. The second kappa shape index (κ2) is 11.3. The molecule has 0 bridgehead atoms. The highest BCUT2D eigenvalue weighted by molar-refractivity contribution is 6.23. The van der Waals surface area contributed by atoms with Gasteiger partial charge in [0.25, 0.3) is 23.6 Å². The minimum atomic E-state index is -1.06. The molecule has 4 rings (SSSR count). The molecular weight excluding hydrogens is 460 g/mol. The summed E-state index contributed by atoms with van der Waals surface area (Å²) in [6.07, 6.45) is 4.76. The van der Waals surface area contributed by atoms with Crippen LogP contribution in [-0.4, -0.2) is 58.6 Å². The van der Waals surface area contributed by atoms with Crippen molar-refractivity contribution in [3.8, 4) is 0 Å². The van der Waals surface area contributed by atoms with Gasteiger partial charge in [0.1, 0.15) is 6.04 Å². The molecule has 188 valence electrons. The Kier molecular flexibility index (Phi) is 7.93. The van der Waals surface area contributed by atoms with E-state index in [1.165, 1.54) is 4.90 Å². The van der Waals surface area contributed by atoms with Gasteiger partial charge in [-0.05, 0) is 49.9 Å². The van der Waals surface area contributed by atoms with E-state index in [0.29, 0.717) is 30.4 Å². The van der Waals surface area contributed by atoms with E-state index in [4.69, 9.17) is 4.74 Å². The van der Waals surface area contributed by atoms with Gasteiger partial charge in [-0.2, -0.15) is 0 Å². The fraction of sp³-hybridized carbons (Fsp3) is 0.393. The van der Waals surface area contributed by atoms with Crippen LogP contribution in [0.5, 0.6) is 0 Å². The van der Waals surface area contributed by atoms with Crippen LogP contribution in [0, 0.1) is 0 Å². The lowest BCUT2D eigenvalue weighted by Gasteiger charge is -2.25. The molecule has 4 amide bonds. The molecule has 0 N–H and O–H groups in total. The quantitative estimate of drug-likeness (QED) is 0.251. The third kappa shape index (κ3) is 4.94. The number of amides is 4. The van der Waals surface area contributed by atoms with Crippen molar-refractivity contribution < 1.29 is 28.7 Å². The van der Waals surface area contributed by atoms with Gasteiger partial charge in [-0.3, -0.25) is 29.0 Å². The third-order valence-electron chi connectivity index (χ3n) is 6.64. The largest absolute Gasteiger partial charge is 0.464 e. The van der Waals surface area contributed by atoms with Crippen molar-refractivity contribution in [3.63, 3.8) is 0 Å². The number of nitrogens with zero attached hydrogens (tertiary/aromatic N) is 2. The van der Waals surface area contributed by atoms with E-state index >= 15 is 0 Å². The van der Waals surface area contributed by atoms with Gasteiger partial charge < -0.3 is 4.74 Å². The predicted octanol–water partition coefficient (Wildman–Crippen LogP) is 4.24. The van der Waals surface area contributed by atoms with Crippen LogP contribution in [0.3, 0.4) is 0 Å². The molecule has 1 atom stereocenters. The minimum absolute atomic E-state index is 0.183. The first-order valence-corrected chi connectivity index (χ1v) is 12.5. The molecule has 0 spiro atoms. The molecule has 8 nitrogen and oxygen atoms in total. The number of esters is 1. The van der Waals surface area contributed by atoms with Gasteiger partial charge in [0.15, 0.2) is 0 Å². The molecule has 2 aliphatic rings. The van der Waals surface area contributed by atoms with Crippen molar-refractivity contribution in [1.82, 2.24) is 9.80 Å². The molecule has 2 heterocycles. The highest BCUT2D eigenvalue weighted by Crippen LogP contribution is 2.28. The fourth-order valence-corrected chi connectivity index (χ4v) is 4.69. The van der Waals surface area contributed by atoms with Crippen LogP contribution in [0.25, 0.3) is 0 Å². The van der Waals surface area contributed by atoms with Crippen LogP contribution in [0.4, 0.5) is 0 Å². The van der Waals surface area contributed by atoms with Gasteiger partial charge in [-0.1, -0.05) is 50.5 Å². The second-order valence-electron chi connectivity index (χ2n) is 9.07. The number of hydrogen-bond donors (Lipinski definition) is 0. The summed E-state index contributed by atoms with van der Waals surface area (Å²) in [5, 5.41) is 0. The Morgan fingerprint density at radius 1 is 0.722 bits per heavy atom. The fourth-order valence-electron chi connectivity index (χ4n) is 4.69. The van der Waals surface area contributed by atoms with Gasteiger partial charge in [0.2, 0.25) is 0 Å². The number of rotatable bonds is 12. The predicted molar refractivity (Wildman–Crippen MR) is 131 cm³/mol. The molecule has 0 saturated heterocycles. The molecule has 36 heavy (non-hydrogen) atoms. The summed E-state index contributed by atoms with van der Waals surface area (Å²) in [5.74, 6) is -2.30. The molecule has 2 aliphatic heterocycles. The van der Waals surface area contributed by atoms with Crippen LogP contribution in [-0.2, 0) is 9.53 Å². The highest BCUT2D eigenvalue weighted by atomic mass is 16.5. The molecule has 0 saturated carbocycles. The summed E-state index contributed by atoms with van der Waals surface area (Å²) < 4.78 is 5.46. The number of benzene rings is 2. The minimum Gasteiger partial charge on any atom is -0.464 e. The molecule has 2 aromatic rings. The van der Waals surface area contributed by atoms with Crippen molar-refractivity contribution in [2.45, 2.75) is 57.9 Å². The van der Waals surface area contributed by atoms with E-state index in [1.807, 2.05) is 0 Å². The summed E-state index contributed by atoms with van der Waals surface area (Å²) in [7, 11) is 0. The maximum absolute atomic E-state index is 13.0. The van der Waals surface area contributed by atoms with E-state index in [-0.39, 0.29) is 42.5 Å². The number of unbranched alkanes of at least 4 members (excludes halogenated alkanes) is 4. The molecule has 8 heteroatoms. The van der Waals surface area contributed by atoms with Crippen molar-refractivity contribution >= 4 is 29.6 Å². The molecule has 0 unspecified atom stereocenters. The van der Waals surface area contributed by atoms with Gasteiger partial charge in [0, 0.05) is 6.54 Å². The van der Waals surface area contributed by atoms with Crippen molar-refractivity contribution in [1.29, 1.82) is 0 Å². The van der Waals surface area contributed by atoms with E-state index < -0.39 is 23.8 Å². The van der Waals surface area contributed by atoms with Crippen molar-refractivity contribution in [3.05, 3.63) is 70.8 Å². The molecule has 2 aromatic carbocycles. The van der Waals surface area contributed by atoms with Gasteiger partial charge in [-0.25, -0.2) is 4.79 Å². The van der Waals surface area contributed by atoms with E-state index in [2.05, 4.69) is 6.92 Å². The van der Waals surface area contributed by atoms with E-state index in [0.717, 1.165) is 24.2 Å². The third-order valence-corrected chi connectivity index (χ3v) is 6.64. The summed E-state index contributed by atoms with van der Waals surface area (Å²) in [5.41, 5.74) is 1.32. The number of fused-ring (bicyclic) bond motifs is 2. The van der Waals surface area contributed by atoms with Crippen LogP contribution in [0.2, 0.25) is 0 Å².